The second kappa shape index (κ2) is 17.2. The molecule has 6 rings (SSSR count). The topological polar surface area (TPSA) is 181 Å². The van der Waals surface area contributed by atoms with Crippen LogP contribution < -0.4 is 26.8 Å². The number of aliphatic hydroxyl groups excluding tert-OH is 1. The van der Waals surface area contributed by atoms with E-state index in [9.17, 15) is 29.7 Å². The molecule has 0 spiro atoms. The van der Waals surface area contributed by atoms with Crippen LogP contribution in [0.25, 0.3) is 22.0 Å². The Morgan fingerprint density at radius 3 is 2.40 bits per heavy atom. The Morgan fingerprint density at radius 2 is 1.67 bits per heavy atom. The van der Waals surface area contributed by atoms with Crippen LogP contribution in [-0.2, 0) is 11.2 Å². The van der Waals surface area contributed by atoms with E-state index in [-0.39, 0.29) is 35.2 Å². The summed E-state index contributed by atoms with van der Waals surface area (Å²) < 4.78 is 0. The number of H-pyrrole nitrogens is 1. The van der Waals surface area contributed by atoms with E-state index in [0.717, 1.165) is 81.0 Å². The van der Waals surface area contributed by atoms with Crippen LogP contribution in [0.5, 0.6) is 5.75 Å². The fourth-order valence-electron chi connectivity index (χ4n) is 7.97. The highest BCUT2D eigenvalue weighted by molar-refractivity contribution is 5.94. The smallest absolute Gasteiger partial charge is 0.412 e. The maximum absolute atomic E-state index is 13.1. The first-order valence-corrected chi connectivity index (χ1v) is 18.7. The van der Waals surface area contributed by atoms with Gasteiger partial charge in [0, 0.05) is 48.1 Å². The van der Waals surface area contributed by atoms with Crippen LogP contribution in [0.15, 0.2) is 77.6 Å². The second-order valence-electron chi connectivity index (χ2n) is 14.5. The number of carbonyl (C=O) groups excluding carboxylic acids is 1. The van der Waals surface area contributed by atoms with E-state index in [2.05, 4.69) is 21.7 Å². The van der Waals surface area contributed by atoms with Gasteiger partial charge in [0.25, 0.3) is 0 Å². The Hall–Kier alpha value is -4.71. The Balaban J connectivity index is 0.966. The number of aromatic hydroxyl groups is 1. The Labute approximate surface area is 304 Å². The van der Waals surface area contributed by atoms with Crippen molar-refractivity contribution in [3.63, 3.8) is 0 Å². The number of pyridine rings is 1. The van der Waals surface area contributed by atoms with Gasteiger partial charge in [-0.05, 0) is 112 Å². The number of aliphatic hydroxyl groups is 1. The fraction of sp³-hybridized carbons (Fsp3) is 0.439. The number of hydrogen-bond acceptors (Lipinski definition) is 7. The number of phenolic OH excluding ortho intramolecular Hbond substituents is 1. The third-order valence-electron chi connectivity index (χ3n) is 10.9. The number of amides is 2. The molecule has 1 atom stereocenters. The number of rotatable bonds is 13. The molecule has 11 heteroatoms. The first kappa shape index (κ1) is 37.1. The molecule has 0 bridgehead atoms. The minimum atomic E-state index is -0.951. The number of fused-ring (bicyclic) bond motifs is 1. The number of anilines is 1. The SMILES string of the molecule is N[C@H]1CC[C@H](N(C(=O)O)c2cc(CCCNC(=O)[C@H]3CC[C@H](CNC[C@H](O)c4ccc(O)c5[nH]c(=O)ccc45)CC3)ccc2-c2ccccc2)CC1. The van der Waals surface area contributed by atoms with Gasteiger partial charge >= 0.3 is 6.09 Å². The molecule has 3 aromatic carbocycles. The first-order valence-electron chi connectivity index (χ1n) is 18.7. The summed E-state index contributed by atoms with van der Waals surface area (Å²) in [6.07, 6.45) is 6.28. The zero-order valence-electron chi connectivity index (χ0n) is 29.6. The van der Waals surface area contributed by atoms with Gasteiger partial charge in [0.1, 0.15) is 5.75 Å². The molecule has 276 valence electrons. The van der Waals surface area contributed by atoms with Crippen LogP contribution in [0, 0.1) is 11.8 Å². The average molecular weight is 710 g/mol. The lowest BCUT2D eigenvalue weighted by Gasteiger charge is -2.35. The number of benzene rings is 3. The second-order valence-corrected chi connectivity index (χ2v) is 14.5. The maximum Gasteiger partial charge on any atom is 0.412 e. The van der Waals surface area contributed by atoms with Gasteiger partial charge in [0.05, 0.1) is 17.3 Å². The molecule has 2 aliphatic carbocycles. The maximum atomic E-state index is 13.1. The molecule has 0 aliphatic heterocycles. The molecule has 52 heavy (non-hydrogen) atoms. The van der Waals surface area contributed by atoms with E-state index in [1.807, 2.05) is 42.5 Å². The summed E-state index contributed by atoms with van der Waals surface area (Å²) >= 11 is 0. The predicted octanol–water partition coefficient (Wildman–Crippen LogP) is 5.83. The molecule has 8 N–H and O–H groups in total. The van der Waals surface area contributed by atoms with Gasteiger partial charge in [-0.1, -0.05) is 48.5 Å². The summed E-state index contributed by atoms with van der Waals surface area (Å²) in [6.45, 7) is 1.62. The zero-order valence-corrected chi connectivity index (χ0v) is 29.6. The van der Waals surface area contributed by atoms with Gasteiger partial charge in [-0.2, -0.15) is 0 Å². The Kier molecular flexibility index (Phi) is 12.3. The van der Waals surface area contributed by atoms with Crippen LogP contribution in [0.1, 0.15) is 75.0 Å². The monoisotopic (exact) mass is 709 g/mol. The molecule has 1 heterocycles. The van der Waals surface area contributed by atoms with Crippen LogP contribution in [-0.4, -0.2) is 64.0 Å². The van der Waals surface area contributed by atoms with E-state index in [4.69, 9.17) is 5.73 Å². The number of nitrogens with zero attached hydrogens (tertiary/aromatic N) is 1. The first-order chi connectivity index (χ1) is 25.2. The number of nitrogens with one attached hydrogen (secondary N) is 3. The number of phenols is 1. The molecule has 0 unspecified atom stereocenters. The predicted molar refractivity (Wildman–Crippen MR) is 203 cm³/mol. The van der Waals surface area contributed by atoms with Crippen molar-refractivity contribution in [1.82, 2.24) is 15.6 Å². The highest BCUT2D eigenvalue weighted by Crippen LogP contribution is 2.37. The van der Waals surface area contributed by atoms with Gasteiger partial charge < -0.3 is 36.7 Å². The minimum absolute atomic E-state index is 0.0168. The number of hydrogen-bond donors (Lipinski definition) is 7. The van der Waals surface area contributed by atoms with Crippen molar-refractivity contribution >= 4 is 28.6 Å². The molecule has 2 aliphatic rings. The van der Waals surface area contributed by atoms with Crippen molar-refractivity contribution in [2.24, 2.45) is 17.6 Å². The van der Waals surface area contributed by atoms with Crippen molar-refractivity contribution < 1.29 is 24.9 Å². The average Bonchev–Trinajstić information content (AvgIpc) is 3.15. The lowest BCUT2D eigenvalue weighted by atomic mass is 9.81. The van der Waals surface area contributed by atoms with E-state index in [1.54, 1.807) is 17.0 Å². The molecule has 1 aromatic heterocycles. The van der Waals surface area contributed by atoms with Crippen molar-refractivity contribution in [2.75, 3.05) is 24.5 Å². The number of nitrogens with two attached hydrogens (primary N) is 1. The highest BCUT2D eigenvalue weighted by Gasteiger charge is 2.31. The van der Waals surface area contributed by atoms with Crippen LogP contribution in [0.4, 0.5) is 10.5 Å². The number of aromatic amines is 1. The highest BCUT2D eigenvalue weighted by atomic mass is 16.4. The molecule has 2 amide bonds. The largest absolute Gasteiger partial charge is 0.506 e. The number of aryl methyl sites for hydroxylation is 1. The summed E-state index contributed by atoms with van der Waals surface area (Å²) in [5.74, 6) is 0.446. The van der Waals surface area contributed by atoms with Gasteiger partial charge in [0.15, 0.2) is 0 Å². The number of carbonyl (C=O) groups is 2. The normalized spacial score (nSPS) is 21.0. The van der Waals surface area contributed by atoms with Crippen LogP contribution in [0.3, 0.4) is 0 Å². The van der Waals surface area contributed by atoms with E-state index in [1.165, 1.54) is 12.1 Å². The van der Waals surface area contributed by atoms with Crippen molar-refractivity contribution in [3.05, 3.63) is 94.3 Å². The molecule has 2 fully saturated rings. The Morgan fingerprint density at radius 1 is 0.923 bits per heavy atom. The number of carboxylic acid groups (broad SMARTS) is 1. The molecular weight excluding hydrogens is 658 g/mol. The van der Waals surface area contributed by atoms with Crippen molar-refractivity contribution in [2.45, 2.75) is 82.4 Å². The zero-order chi connectivity index (χ0) is 36.6. The standard InChI is InChI=1S/C41H51N5O6/c42-30-13-15-31(16-14-30)46(41(51)52)35-23-26(10-17-32(35)28-6-2-1-3-7-28)5-4-22-44-40(50)29-11-8-27(9-12-29)24-43-25-37(48)33-18-20-36(47)39-34(33)19-21-38(49)45-39/h1-3,6-7,10,17-21,23,27,29-31,37,43,47-48H,4-5,8-9,11-16,22,24-25,42H2,(H,44,50)(H,45,49)(H,51,52)/t27-,29-,30-,31-,37-/m0/s1. The van der Waals surface area contributed by atoms with Gasteiger partial charge in [-0.25, -0.2) is 4.79 Å². The van der Waals surface area contributed by atoms with Gasteiger partial charge in [-0.3, -0.25) is 14.5 Å². The van der Waals surface area contributed by atoms with E-state index in [0.29, 0.717) is 47.6 Å². The molecule has 11 nitrogen and oxygen atoms in total. The molecule has 2 saturated carbocycles. The summed E-state index contributed by atoms with van der Waals surface area (Å²) in [7, 11) is 0. The van der Waals surface area contributed by atoms with Gasteiger partial charge in [-0.15, -0.1) is 0 Å². The molecule has 0 radical (unpaired) electrons. The third-order valence-corrected chi connectivity index (χ3v) is 10.9. The van der Waals surface area contributed by atoms with Crippen molar-refractivity contribution in [3.8, 4) is 16.9 Å². The third kappa shape index (κ3) is 9.01. The van der Waals surface area contributed by atoms with Crippen molar-refractivity contribution in [1.29, 1.82) is 0 Å². The molecule has 0 saturated heterocycles. The summed E-state index contributed by atoms with van der Waals surface area (Å²) in [5, 5.41) is 38.5. The lowest BCUT2D eigenvalue weighted by molar-refractivity contribution is -0.126. The summed E-state index contributed by atoms with van der Waals surface area (Å²) in [6, 6.07) is 22.1. The quantitative estimate of drug-likeness (QED) is 0.0847. The van der Waals surface area contributed by atoms with Gasteiger partial charge in [0.2, 0.25) is 11.5 Å². The molecular formula is C41H51N5O6. The lowest BCUT2D eigenvalue weighted by Crippen LogP contribution is -2.44. The van der Waals surface area contributed by atoms with Crippen LogP contribution in [0.2, 0.25) is 0 Å². The van der Waals surface area contributed by atoms with Crippen LogP contribution >= 0.6 is 0 Å². The number of aromatic nitrogens is 1. The fourth-order valence-corrected chi connectivity index (χ4v) is 7.97. The summed E-state index contributed by atoms with van der Waals surface area (Å²) in [5.41, 5.74) is 10.4. The minimum Gasteiger partial charge on any atom is -0.506 e. The summed E-state index contributed by atoms with van der Waals surface area (Å²) in [4.78, 5) is 41.6. The van der Waals surface area contributed by atoms with E-state index < -0.39 is 12.2 Å². The Bertz CT molecular complexity index is 1880. The van der Waals surface area contributed by atoms with E-state index >= 15 is 0 Å². The molecule has 4 aromatic rings.